The van der Waals surface area contributed by atoms with Gasteiger partial charge in [-0.3, -0.25) is 9.59 Å². The normalized spacial score (nSPS) is 11.0. The van der Waals surface area contributed by atoms with Crippen LogP contribution in [0, 0.1) is 0 Å². The van der Waals surface area contributed by atoms with Gasteiger partial charge in [-0.25, -0.2) is 13.1 Å². The van der Waals surface area contributed by atoms with Gasteiger partial charge >= 0.3 is 0 Å². The van der Waals surface area contributed by atoms with Crippen molar-refractivity contribution in [3.05, 3.63) is 60.2 Å². The van der Waals surface area contributed by atoms with Crippen molar-refractivity contribution >= 4 is 27.5 Å². The molecule has 0 saturated heterocycles. The lowest BCUT2D eigenvalue weighted by Gasteiger charge is -2.09. The maximum atomic E-state index is 12.2. The molecule has 0 aliphatic heterocycles. The number of nitrogens with one attached hydrogen (secondary N) is 3. The summed E-state index contributed by atoms with van der Waals surface area (Å²) in [6.07, 6.45) is 0.671. The zero-order valence-electron chi connectivity index (χ0n) is 14.4. The van der Waals surface area contributed by atoms with E-state index in [-0.39, 0.29) is 17.3 Å². The molecule has 0 spiro atoms. The molecule has 3 N–H and O–H groups in total. The minimum atomic E-state index is -3.80. The van der Waals surface area contributed by atoms with E-state index in [1.54, 1.807) is 0 Å². The molecular weight excluding hydrogens is 354 g/mol. The number of carbonyl (C=O) groups excluding carboxylic acids is 2. The molecule has 0 atom stereocenters. The predicted molar refractivity (Wildman–Crippen MR) is 99.1 cm³/mol. The van der Waals surface area contributed by atoms with Gasteiger partial charge in [0.15, 0.2) is 0 Å². The second-order valence-electron chi connectivity index (χ2n) is 5.62. The zero-order valence-corrected chi connectivity index (χ0v) is 15.2. The van der Waals surface area contributed by atoms with Gasteiger partial charge in [0.2, 0.25) is 21.8 Å². The molecular formula is C18H21N3O4S. The van der Waals surface area contributed by atoms with E-state index in [2.05, 4.69) is 15.4 Å². The molecule has 0 unspecified atom stereocenters. The Morgan fingerprint density at radius 1 is 0.962 bits per heavy atom. The summed E-state index contributed by atoms with van der Waals surface area (Å²) in [5.74, 6) is -0.648. The van der Waals surface area contributed by atoms with E-state index in [1.165, 1.54) is 31.2 Å². The topological polar surface area (TPSA) is 104 Å². The molecule has 2 aromatic rings. The number of rotatable bonds is 8. The van der Waals surface area contributed by atoms with Gasteiger partial charge in [0.25, 0.3) is 0 Å². The molecule has 2 aromatic carbocycles. The third-order valence-electron chi connectivity index (χ3n) is 3.49. The van der Waals surface area contributed by atoms with E-state index in [0.717, 1.165) is 5.56 Å². The number of hydrogen-bond donors (Lipinski definition) is 3. The van der Waals surface area contributed by atoms with Crippen LogP contribution in [0.2, 0.25) is 0 Å². The number of amides is 2. The van der Waals surface area contributed by atoms with Gasteiger partial charge in [0.1, 0.15) is 0 Å². The Balaban J connectivity index is 1.81. The van der Waals surface area contributed by atoms with Crippen LogP contribution in [0.1, 0.15) is 12.5 Å². The van der Waals surface area contributed by atoms with Crippen molar-refractivity contribution in [1.29, 1.82) is 0 Å². The molecule has 138 valence electrons. The molecule has 0 saturated carbocycles. The summed E-state index contributed by atoms with van der Waals surface area (Å²) in [7, 11) is -3.80. The van der Waals surface area contributed by atoms with Gasteiger partial charge in [-0.2, -0.15) is 0 Å². The fraction of sp³-hybridized carbons (Fsp3) is 0.222. The van der Waals surface area contributed by atoms with E-state index < -0.39 is 15.9 Å². The minimum absolute atomic E-state index is 0.0173. The fourth-order valence-electron chi connectivity index (χ4n) is 2.22. The van der Waals surface area contributed by atoms with Gasteiger partial charge in [0, 0.05) is 19.2 Å². The average Bonchev–Trinajstić information content (AvgIpc) is 2.61. The van der Waals surface area contributed by atoms with E-state index in [4.69, 9.17) is 0 Å². The van der Waals surface area contributed by atoms with Crippen LogP contribution < -0.4 is 15.4 Å². The molecule has 2 rings (SSSR count). The molecule has 0 heterocycles. The van der Waals surface area contributed by atoms with Crippen molar-refractivity contribution < 1.29 is 18.0 Å². The first-order valence-electron chi connectivity index (χ1n) is 8.05. The first kappa shape index (κ1) is 19.6. The smallest absolute Gasteiger partial charge is 0.241 e. The van der Waals surface area contributed by atoms with Crippen LogP contribution in [-0.2, 0) is 26.0 Å². The van der Waals surface area contributed by atoms with Crippen LogP contribution in [0.25, 0.3) is 0 Å². The molecule has 26 heavy (non-hydrogen) atoms. The fourth-order valence-corrected chi connectivity index (χ4v) is 3.20. The Labute approximate surface area is 152 Å². The average molecular weight is 375 g/mol. The standard InChI is InChI=1S/C18H21N3O4S/c1-14(22)21-16-7-9-17(10-8-16)26(24,25)20-13-18(23)19-12-11-15-5-3-2-4-6-15/h2-10,20H,11-13H2,1H3,(H,19,23)(H,21,22). The van der Waals surface area contributed by atoms with Crippen molar-refractivity contribution in [2.45, 2.75) is 18.2 Å². The summed E-state index contributed by atoms with van der Waals surface area (Å²) in [4.78, 5) is 22.8. The first-order chi connectivity index (χ1) is 12.4. The number of sulfonamides is 1. The third-order valence-corrected chi connectivity index (χ3v) is 4.90. The van der Waals surface area contributed by atoms with E-state index in [0.29, 0.717) is 18.7 Å². The highest BCUT2D eigenvalue weighted by molar-refractivity contribution is 7.89. The molecule has 0 fully saturated rings. The van der Waals surface area contributed by atoms with Gasteiger partial charge in [-0.15, -0.1) is 0 Å². The summed E-state index contributed by atoms with van der Waals surface area (Å²) in [6, 6.07) is 15.4. The van der Waals surface area contributed by atoms with Crippen molar-refractivity contribution in [2.24, 2.45) is 0 Å². The minimum Gasteiger partial charge on any atom is -0.355 e. The lowest BCUT2D eigenvalue weighted by molar-refractivity contribution is -0.120. The molecule has 2 amide bonds. The van der Waals surface area contributed by atoms with Gasteiger partial charge < -0.3 is 10.6 Å². The lowest BCUT2D eigenvalue weighted by atomic mass is 10.1. The maximum absolute atomic E-state index is 12.2. The van der Waals surface area contributed by atoms with Crippen LogP contribution in [0.5, 0.6) is 0 Å². The van der Waals surface area contributed by atoms with Crippen molar-refractivity contribution in [1.82, 2.24) is 10.0 Å². The Morgan fingerprint density at radius 3 is 2.23 bits per heavy atom. The molecule has 0 radical (unpaired) electrons. The first-order valence-corrected chi connectivity index (χ1v) is 9.53. The van der Waals surface area contributed by atoms with Gasteiger partial charge in [0.05, 0.1) is 11.4 Å². The number of anilines is 1. The lowest BCUT2D eigenvalue weighted by Crippen LogP contribution is -2.37. The van der Waals surface area contributed by atoms with Gasteiger partial charge in [-0.1, -0.05) is 30.3 Å². The summed E-state index contributed by atoms with van der Waals surface area (Å²) < 4.78 is 26.6. The van der Waals surface area contributed by atoms with Crippen molar-refractivity contribution in [3.8, 4) is 0 Å². The van der Waals surface area contributed by atoms with E-state index in [1.807, 2.05) is 30.3 Å². The number of carbonyl (C=O) groups is 2. The molecule has 0 aliphatic carbocycles. The Kier molecular flexibility index (Phi) is 6.88. The summed E-state index contributed by atoms with van der Waals surface area (Å²) >= 11 is 0. The largest absolute Gasteiger partial charge is 0.355 e. The highest BCUT2D eigenvalue weighted by Gasteiger charge is 2.15. The van der Waals surface area contributed by atoms with Crippen LogP contribution >= 0.6 is 0 Å². The SMILES string of the molecule is CC(=O)Nc1ccc(S(=O)(=O)NCC(=O)NCCc2ccccc2)cc1. The van der Waals surface area contributed by atoms with Crippen LogP contribution in [0.3, 0.4) is 0 Å². The second-order valence-corrected chi connectivity index (χ2v) is 7.38. The van der Waals surface area contributed by atoms with E-state index in [9.17, 15) is 18.0 Å². The number of benzene rings is 2. The molecule has 0 bridgehead atoms. The molecule has 0 aliphatic rings. The summed E-state index contributed by atoms with van der Waals surface area (Å²) in [5.41, 5.74) is 1.59. The molecule has 8 heteroatoms. The maximum Gasteiger partial charge on any atom is 0.241 e. The Bertz CT molecular complexity index is 850. The summed E-state index contributed by atoms with van der Waals surface area (Å²) in [6.45, 7) is 1.45. The molecule has 0 aromatic heterocycles. The summed E-state index contributed by atoms with van der Waals surface area (Å²) in [5, 5.41) is 5.22. The monoisotopic (exact) mass is 375 g/mol. The van der Waals surface area contributed by atoms with Crippen LogP contribution in [-0.4, -0.2) is 33.3 Å². The highest BCUT2D eigenvalue weighted by atomic mass is 32.2. The van der Waals surface area contributed by atoms with Crippen molar-refractivity contribution in [2.75, 3.05) is 18.4 Å². The Hall–Kier alpha value is -2.71. The van der Waals surface area contributed by atoms with Crippen LogP contribution in [0.15, 0.2) is 59.5 Å². The third kappa shape index (κ3) is 6.30. The zero-order chi connectivity index (χ0) is 19.0. The second kappa shape index (κ2) is 9.12. The van der Waals surface area contributed by atoms with E-state index >= 15 is 0 Å². The predicted octanol–water partition coefficient (Wildman–Crippen LogP) is 1.28. The quantitative estimate of drug-likeness (QED) is 0.646. The Morgan fingerprint density at radius 2 is 1.62 bits per heavy atom. The van der Waals surface area contributed by atoms with Gasteiger partial charge in [-0.05, 0) is 36.2 Å². The molecule has 7 nitrogen and oxygen atoms in total. The number of hydrogen-bond acceptors (Lipinski definition) is 4. The van der Waals surface area contributed by atoms with Crippen molar-refractivity contribution in [3.63, 3.8) is 0 Å². The highest BCUT2D eigenvalue weighted by Crippen LogP contribution is 2.13. The van der Waals surface area contributed by atoms with Crippen LogP contribution in [0.4, 0.5) is 5.69 Å².